The molecule has 17 heavy (non-hydrogen) atoms. The van der Waals surface area contributed by atoms with Crippen LogP contribution >= 0.6 is 0 Å². The van der Waals surface area contributed by atoms with Crippen LogP contribution in [-0.2, 0) is 0 Å². The van der Waals surface area contributed by atoms with Crippen molar-refractivity contribution in [3.63, 3.8) is 0 Å². The topological polar surface area (TPSA) is 35.5 Å². The van der Waals surface area contributed by atoms with Crippen LogP contribution < -0.4 is 9.47 Å². The van der Waals surface area contributed by atoms with E-state index in [1.165, 1.54) is 6.92 Å². The van der Waals surface area contributed by atoms with Crippen molar-refractivity contribution in [1.29, 1.82) is 0 Å². The monoisotopic (exact) mass is 232 g/mol. The predicted octanol–water partition coefficient (Wildman–Crippen LogP) is 2.69. The Balaban J connectivity index is 2.72. The van der Waals surface area contributed by atoms with Crippen LogP contribution in [0.5, 0.6) is 11.5 Å². The van der Waals surface area contributed by atoms with Crippen LogP contribution in [0.25, 0.3) is 0 Å². The molecule has 0 amide bonds. The molecule has 1 aromatic carbocycles. The number of ketones is 1. The van der Waals surface area contributed by atoms with Crippen molar-refractivity contribution < 1.29 is 14.3 Å². The van der Waals surface area contributed by atoms with E-state index in [0.717, 1.165) is 6.42 Å². The fourth-order valence-electron chi connectivity index (χ4n) is 1.36. The van der Waals surface area contributed by atoms with Gasteiger partial charge in [-0.2, -0.15) is 0 Å². The molecule has 0 heterocycles. The Morgan fingerprint density at radius 3 is 2.76 bits per heavy atom. The van der Waals surface area contributed by atoms with E-state index >= 15 is 0 Å². The zero-order valence-electron chi connectivity index (χ0n) is 10.2. The molecule has 0 atom stereocenters. The quantitative estimate of drug-likeness (QED) is 0.430. The van der Waals surface area contributed by atoms with E-state index in [4.69, 9.17) is 15.9 Å². The third kappa shape index (κ3) is 3.84. The summed E-state index contributed by atoms with van der Waals surface area (Å²) in [6.45, 7) is 2.06. The van der Waals surface area contributed by atoms with Crippen LogP contribution in [0.1, 0.15) is 30.1 Å². The van der Waals surface area contributed by atoms with Crippen LogP contribution in [0.2, 0.25) is 0 Å². The summed E-state index contributed by atoms with van der Waals surface area (Å²) < 4.78 is 10.7. The molecule has 0 saturated carbocycles. The lowest BCUT2D eigenvalue weighted by Gasteiger charge is -2.10. The van der Waals surface area contributed by atoms with E-state index in [9.17, 15) is 4.79 Å². The van der Waals surface area contributed by atoms with Crippen molar-refractivity contribution in [2.24, 2.45) is 0 Å². The molecule has 0 fully saturated rings. The number of carbonyl (C=O) groups is 1. The highest BCUT2D eigenvalue weighted by atomic mass is 16.5. The molecule has 0 radical (unpaired) electrons. The minimum Gasteiger partial charge on any atom is -0.493 e. The second-order valence-electron chi connectivity index (χ2n) is 3.58. The SMILES string of the molecule is C#CCCCOc1ccc(C(C)=O)cc1OC. The van der Waals surface area contributed by atoms with E-state index in [1.807, 2.05) is 0 Å². The lowest BCUT2D eigenvalue weighted by Crippen LogP contribution is -2.00. The summed E-state index contributed by atoms with van der Waals surface area (Å²) in [5.74, 6) is 3.75. The van der Waals surface area contributed by atoms with Crippen LogP contribution in [-0.4, -0.2) is 19.5 Å². The van der Waals surface area contributed by atoms with Crippen LogP contribution in [0.15, 0.2) is 18.2 Å². The van der Waals surface area contributed by atoms with Crippen molar-refractivity contribution in [3.05, 3.63) is 23.8 Å². The lowest BCUT2D eigenvalue weighted by atomic mass is 10.1. The van der Waals surface area contributed by atoms with Gasteiger partial charge in [0.25, 0.3) is 0 Å². The number of methoxy groups -OCH3 is 1. The van der Waals surface area contributed by atoms with Gasteiger partial charge >= 0.3 is 0 Å². The third-order valence-electron chi connectivity index (χ3n) is 2.29. The number of unbranched alkanes of at least 4 members (excludes halogenated alkanes) is 1. The maximum absolute atomic E-state index is 11.2. The molecule has 0 spiro atoms. The van der Waals surface area contributed by atoms with Crippen molar-refractivity contribution in [2.45, 2.75) is 19.8 Å². The smallest absolute Gasteiger partial charge is 0.161 e. The molecule has 1 aromatic rings. The first-order valence-corrected chi connectivity index (χ1v) is 5.44. The lowest BCUT2D eigenvalue weighted by molar-refractivity contribution is 0.101. The van der Waals surface area contributed by atoms with Gasteiger partial charge in [-0.3, -0.25) is 4.79 Å². The molecule has 90 valence electrons. The number of hydrogen-bond acceptors (Lipinski definition) is 3. The van der Waals surface area contributed by atoms with Crippen LogP contribution in [0, 0.1) is 12.3 Å². The summed E-state index contributed by atoms with van der Waals surface area (Å²) in [5, 5.41) is 0. The van der Waals surface area contributed by atoms with Crippen molar-refractivity contribution >= 4 is 5.78 Å². The average molecular weight is 232 g/mol. The van der Waals surface area contributed by atoms with Gasteiger partial charge in [0.15, 0.2) is 17.3 Å². The Morgan fingerprint density at radius 2 is 2.18 bits per heavy atom. The molecular formula is C14H16O3. The number of Topliss-reactive ketones (excluding diaryl/α,β-unsaturated/α-hetero) is 1. The fourth-order valence-corrected chi connectivity index (χ4v) is 1.36. The Kier molecular flexibility index (Phi) is 5.09. The molecule has 0 N–H and O–H groups in total. The molecule has 0 aromatic heterocycles. The van der Waals surface area contributed by atoms with Gasteiger partial charge in [-0.1, -0.05) is 0 Å². The number of hydrogen-bond donors (Lipinski definition) is 0. The molecular weight excluding hydrogens is 216 g/mol. The van der Waals surface area contributed by atoms with Gasteiger partial charge in [0.1, 0.15) is 0 Å². The molecule has 3 nitrogen and oxygen atoms in total. The van der Waals surface area contributed by atoms with Gasteiger partial charge in [0, 0.05) is 12.0 Å². The van der Waals surface area contributed by atoms with Gasteiger partial charge in [-0.25, -0.2) is 0 Å². The molecule has 0 saturated heterocycles. The summed E-state index contributed by atoms with van der Waals surface area (Å²) in [6, 6.07) is 5.14. The number of benzene rings is 1. The second-order valence-corrected chi connectivity index (χ2v) is 3.58. The highest BCUT2D eigenvalue weighted by Gasteiger charge is 2.07. The Bertz CT molecular complexity index is 430. The third-order valence-corrected chi connectivity index (χ3v) is 2.29. The summed E-state index contributed by atoms with van der Waals surface area (Å²) in [4.78, 5) is 11.2. The number of carbonyl (C=O) groups excluding carboxylic acids is 1. The zero-order valence-corrected chi connectivity index (χ0v) is 10.2. The number of ether oxygens (including phenoxy) is 2. The van der Waals surface area contributed by atoms with E-state index < -0.39 is 0 Å². The molecule has 3 heteroatoms. The predicted molar refractivity (Wildman–Crippen MR) is 66.6 cm³/mol. The van der Waals surface area contributed by atoms with E-state index in [-0.39, 0.29) is 5.78 Å². The highest BCUT2D eigenvalue weighted by molar-refractivity contribution is 5.94. The maximum Gasteiger partial charge on any atom is 0.161 e. The maximum atomic E-state index is 11.2. The first-order chi connectivity index (χ1) is 8.19. The second kappa shape index (κ2) is 6.59. The van der Waals surface area contributed by atoms with E-state index in [0.29, 0.717) is 30.1 Å². The minimum atomic E-state index is 0.00202. The van der Waals surface area contributed by atoms with E-state index in [1.54, 1.807) is 25.3 Å². The molecule has 1 rings (SSSR count). The van der Waals surface area contributed by atoms with Gasteiger partial charge in [0.2, 0.25) is 0 Å². The Hall–Kier alpha value is -1.95. The van der Waals surface area contributed by atoms with Gasteiger partial charge in [-0.05, 0) is 31.5 Å². The zero-order chi connectivity index (χ0) is 12.7. The molecule has 0 unspecified atom stereocenters. The first-order valence-electron chi connectivity index (χ1n) is 5.44. The average Bonchev–Trinajstić information content (AvgIpc) is 2.34. The van der Waals surface area contributed by atoms with Crippen molar-refractivity contribution in [1.82, 2.24) is 0 Å². The molecule has 0 bridgehead atoms. The molecule has 0 aliphatic heterocycles. The Labute approximate surface area is 102 Å². The fraction of sp³-hybridized carbons (Fsp3) is 0.357. The van der Waals surface area contributed by atoms with Crippen molar-refractivity contribution in [3.8, 4) is 23.8 Å². The summed E-state index contributed by atoms with van der Waals surface area (Å²) in [7, 11) is 1.55. The first kappa shape index (κ1) is 13.1. The minimum absolute atomic E-state index is 0.00202. The summed E-state index contributed by atoms with van der Waals surface area (Å²) in [5.41, 5.74) is 0.609. The van der Waals surface area contributed by atoms with Crippen molar-refractivity contribution in [2.75, 3.05) is 13.7 Å². The van der Waals surface area contributed by atoms with Gasteiger partial charge in [-0.15, -0.1) is 12.3 Å². The van der Waals surface area contributed by atoms with E-state index in [2.05, 4.69) is 5.92 Å². The standard InChI is InChI=1S/C14H16O3/c1-4-5-6-9-17-13-8-7-12(11(2)15)10-14(13)16-3/h1,7-8,10H,5-6,9H2,2-3H3. The summed E-state index contributed by atoms with van der Waals surface area (Å²) in [6.07, 6.45) is 6.64. The molecule has 0 aliphatic rings. The number of rotatable bonds is 6. The highest BCUT2D eigenvalue weighted by Crippen LogP contribution is 2.28. The largest absolute Gasteiger partial charge is 0.493 e. The van der Waals surface area contributed by atoms with Gasteiger partial charge in [0.05, 0.1) is 13.7 Å². The van der Waals surface area contributed by atoms with Gasteiger partial charge < -0.3 is 9.47 Å². The summed E-state index contributed by atoms with van der Waals surface area (Å²) >= 11 is 0. The number of terminal acetylenes is 1. The molecule has 0 aliphatic carbocycles. The van der Waals surface area contributed by atoms with Crippen LogP contribution in [0.4, 0.5) is 0 Å². The van der Waals surface area contributed by atoms with Crippen LogP contribution in [0.3, 0.4) is 0 Å². The Morgan fingerprint density at radius 1 is 1.41 bits per heavy atom. The normalized spacial score (nSPS) is 9.47.